The zero-order valence-corrected chi connectivity index (χ0v) is 12.3. The van der Waals surface area contributed by atoms with Gasteiger partial charge in [-0.2, -0.15) is 0 Å². The standard InChI is InChI=1S/C17H22O3/c1-17(2,3)16(19)20-13-7-10-15(18)12-11-14-8-5-4-6-9-14/h4-6,8-9,15,18H,7,10,13H2,1-3H3/t15-/m0/s1. The van der Waals surface area contributed by atoms with Crippen molar-refractivity contribution in [3.05, 3.63) is 35.9 Å². The molecule has 0 aliphatic carbocycles. The average Bonchev–Trinajstić information content (AvgIpc) is 2.41. The highest BCUT2D eigenvalue weighted by atomic mass is 16.5. The number of carbonyl (C=O) groups excluding carboxylic acids is 1. The highest BCUT2D eigenvalue weighted by Gasteiger charge is 2.22. The molecule has 0 unspecified atom stereocenters. The Kier molecular flexibility index (Phi) is 6.27. The van der Waals surface area contributed by atoms with Gasteiger partial charge in [-0.1, -0.05) is 30.0 Å². The van der Waals surface area contributed by atoms with Gasteiger partial charge in [-0.15, -0.1) is 0 Å². The first kappa shape index (κ1) is 16.3. The summed E-state index contributed by atoms with van der Waals surface area (Å²) in [5, 5.41) is 9.72. The molecule has 0 aromatic heterocycles. The van der Waals surface area contributed by atoms with Crippen LogP contribution in [0.4, 0.5) is 0 Å². The fraction of sp³-hybridized carbons (Fsp3) is 0.471. The minimum Gasteiger partial charge on any atom is -0.465 e. The third-order valence-electron chi connectivity index (χ3n) is 2.62. The summed E-state index contributed by atoms with van der Waals surface area (Å²) in [6, 6.07) is 9.52. The van der Waals surface area contributed by atoms with Gasteiger partial charge in [0, 0.05) is 5.56 Å². The molecule has 0 fully saturated rings. The Balaban J connectivity index is 2.26. The molecule has 0 heterocycles. The number of benzene rings is 1. The topological polar surface area (TPSA) is 46.5 Å². The lowest BCUT2D eigenvalue weighted by Gasteiger charge is -2.16. The summed E-state index contributed by atoms with van der Waals surface area (Å²) in [7, 11) is 0. The van der Waals surface area contributed by atoms with Gasteiger partial charge in [0.15, 0.2) is 0 Å². The van der Waals surface area contributed by atoms with Crippen molar-refractivity contribution in [2.75, 3.05) is 6.61 Å². The summed E-state index contributed by atoms with van der Waals surface area (Å²) in [5.74, 6) is 5.47. The molecule has 0 saturated heterocycles. The van der Waals surface area contributed by atoms with Gasteiger partial charge >= 0.3 is 5.97 Å². The highest BCUT2D eigenvalue weighted by molar-refractivity contribution is 5.75. The zero-order chi connectivity index (χ0) is 15.0. The maximum Gasteiger partial charge on any atom is 0.311 e. The summed E-state index contributed by atoms with van der Waals surface area (Å²) >= 11 is 0. The van der Waals surface area contributed by atoms with Crippen LogP contribution in [-0.4, -0.2) is 23.8 Å². The van der Waals surface area contributed by atoms with Crippen molar-refractivity contribution in [1.82, 2.24) is 0 Å². The monoisotopic (exact) mass is 274 g/mol. The van der Waals surface area contributed by atoms with E-state index in [0.717, 1.165) is 5.56 Å². The van der Waals surface area contributed by atoms with E-state index < -0.39 is 11.5 Å². The Morgan fingerprint density at radius 3 is 2.55 bits per heavy atom. The van der Waals surface area contributed by atoms with Crippen molar-refractivity contribution in [3.8, 4) is 11.8 Å². The highest BCUT2D eigenvalue weighted by Crippen LogP contribution is 2.15. The maximum atomic E-state index is 11.5. The molecule has 0 bridgehead atoms. The van der Waals surface area contributed by atoms with E-state index in [9.17, 15) is 9.90 Å². The lowest BCUT2D eigenvalue weighted by atomic mass is 9.97. The molecule has 0 amide bonds. The van der Waals surface area contributed by atoms with Crippen molar-refractivity contribution in [2.45, 2.75) is 39.7 Å². The van der Waals surface area contributed by atoms with Gasteiger partial charge in [0.1, 0.15) is 6.10 Å². The normalized spacial score (nSPS) is 12.2. The summed E-state index contributed by atoms with van der Waals surface area (Å²) < 4.78 is 5.12. The van der Waals surface area contributed by atoms with Crippen LogP contribution >= 0.6 is 0 Å². The molecule has 3 nitrogen and oxygen atoms in total. The Hall–Kier alpha value is -1.79. The largest absolute Gasteiger partial charge is 0.465 e. The maximum absolute atomic E-state index is 11.5. The third-order valence-corrected chi connectivity index (χ3v) is 2.62. The minimum atomic E-state index is -0.691. The van der Waals surface area contributed by atoms with Crippen molar-refractivity contribution in [2.24, 2.45) is 5.41 Å². The molecule has 0 spiro atoms. The van der Waals surface area contributed by atoms with Crippen molar-refractivity contribution < 1.29 is 14.6 Å². The Bertz CT molecular complexity index is 474. The van der Waals surface area contributed by atoms with Crippen LogP contribution in [0.1, 0.15) is 39.2 Å². The first-order valence-electron chi connectivity index (χ1n) is 6.81. The summed E-state index contributed by atoms with van der Waals surface area (Å²) in [5.41, 5.74) is 0.400. The number of hydrogen-bond donors (Lipinski definition) is 1. The van der Waals surface area contributed by atoms with Crippen LogP contribution in [-0.2, 0) is 9.53 Å². The summed E-state index contributed by atoms with van der Waals surface area (Å²) in [4.78, 5) is 11.5. The van der Waals surface area contributed by atoms with E-state index in [2.05, 4.69) is 11.8 Å². The molecule has 3 heteroatoms. The lowest BCUT2D eigenvalue weighted by Crippen LogP contribution is -2.23. The number of aliphatic hydroxyl groups excluding tert-OH is 1. The van der Waals surface area contributed by atoms with Crippen LogP contribution in [0.15, 0.2) is 30.3 Å². The fourth-order valence-corrected chi connectivity index (χ4v) is 1.42. The van der Waals surface area contributed by atoms with Crippen LogP contribution < -0.4 is 0 Å². The van der Waals surface area contributed by atoms with Gasteiger partial charge in [0.2, 0.25) is 0 Å². The van der Waals surface area contributed by atoms with E-state index in [-0.39, 0.29) is 5.97 Å². The molecule has 0 saturated carbocycles. The molecule has 1 atom stereocenters. The van der Waals surface area contributed by atoms with E-state index in [1.807, 2.05) is 51.1 Å². The van der Waals surface area contributed by atoms with E-state index in [1.54, 1.807) is 0 Å². The molecular weight excluding hydrogens is 252 g/mol. The Morgan fingerprint density at radius 2 is 1.95 bits per heavy atom. The van der Waals surface area contributed by atoms with Gasteiger partial charge in [-0.25, -0.2) is 0 Å². The first-order valence-corrected chi connectivity index (χ1v) is 6.81. The second-order valence-electron chi connectivity index (χ2n) is 5.68. The van der Waals surface area contributed by atoms with Crippen LogP contribution in [0.25, 0.3) is 0 Å². The minimum absolute atomic E-state index is 0.220. The quantitative estimate of drug-likeness (QED) is 0.522. The van der Waals surface area contributed by atoms with Crippen LogP contribution in [0.3, 0.4) is 0 Å². The number of ether oxygens (including phenoxy) is 1. The smallest absolute Gasteiger partial charge is 0.311 e. The van der Waals surface area contributed by atoms with Gasteiger partial charge in [0.25, 0.3) is 0 Å². The molecule has 1 N–H and O–H groups in total. The zero-order valence-electron chi connectivity index (χ0n) is 12.3. The molecule has 1 aromatic rings. The van der Waals surface area contributed by atoms with Gasteiger partial charge < -0.3 is 9.84 Å². The fourth-order valence-electron chi connectivity index (χ4n) is 1.42. The average molecular weight is 274 g/mol. The SMILES string of the molecule is CC(C)(C)C(=O)OCCC[C@H](O)C#Cc1ccccc1. The summed E-state index contributed by atoms with van der Waals surface area (Å²) in [6.45, 7) is 5.76. The predicted octanol–water partition coefficient (Wildman–Crippen LogP) is 2.77. The number of aliphatic hydroxyl groups is 1. The van der Waals surface area contributed by atoms with Crippen LogP contribution in [0, 0.1) is 17.3 Å². The number of hydrogen-bond acceptors (Lipinski definition) is 3. The number of esters is 1. The molecule has 0 radical (unpaired) electrons. The Labute approximate surface area is 121 Å². The van der Waals surface area contributed by atoms with Gasteiger partial charge in [-0.3, -0.25) is 4.79 Å². The first-order chi connectivity index (χ1) is 9.39. The molecular formula is C17H22O3. The van der Waals surface area contributed by atoms with Crippen LogP contribution in [0.5, 0.6) is 0 Å². The third kappa shape index (κ3) is 6.40. The van der Waals surface area contributed by atoms with E-state index in [0.29, 0.717) is 19.4 Å². The second kappa shape index (κ2) is 7.72. The van der Waals surface area contributed by atoms with E-state index in [4.69, 9.17) is 4.74 Å². The van der Waals surface area contributed by atoms with Crippen molar-refractivity contribution >= 4 is 5.97 Å². The molecule has 108 valence electrons. The lowest BCUT2D eigenvalue weighted by molar-refractivity contribution is -0.153. The van der Waals surface area contributed by atoms with E-state index >= 15 is 0 Å². The van der Waals surface area contributed by atoms with Crippen molar-refractivity contribution in [1.29, 1.82) is 0 Å². The molecule has 20 heavy (non-hydrogen) atoms. The second-order valence-corrected chi connectivity index (χ2v) is 5.68. The molecule has 1 rings (SSSR count). The number of rotatable bonds is 4. The molecule has 0 aliphatic rings. The summed E-state index contributed by atoms with van der Waals surface area (Å²) in [6.07, 6.45) is 0.410. The predicted molar refractivity (Wildman–Crippen MR) is 79.0 cm³/mol. The van der Waals surface area contributed by atoms with Gasteiger partial charge in [0.05, 0.1) is 12.0 Å². The molecule has 0 aliphatic heterocycles. The number of carbonyl (C=O) groups is 1. The van der Waals surface area contributed by atoms with E-state index in [1.165, 1.54) is 0 Å². The van der Waals surface area contributed by atoms with Crippen molar-refractivity contribution in [3.63, 3.8) is 0 Å². The molecule has 1 aromatic carbocycles. The van der Waals surface area contributed by atoms with Gasteiger partial charge in [-0.05, 0) is 45.7 Å². The Morgan fingerprint density at radius 1 is 1.30 bits per heavy atom. The van der Waals surface area contributed by atoms with Crippen LogP contribution in [0.2, 0.25) is 0 Å².